The fourth-order valence-corrected chi connectivity index (χ4v) is 7.76. The number of aromatic nitrogens is 1. The van der Waals surface area contributed by atoms with Crippen molar-refractivity contribution >= 4 is 63.8 Å². The van der Waals surface area contributed by atoms with Crippen LogP contribution in [0.4, 0.5) is 11.4 Å². The summed E-state index contributed by atoms with van der Waals surface area (Å²) in [6.45, 7) is 1.67. The van der Waals surface area contributed by atoms with Crippen LogP contribution < -0.4 is 19.8 Å². The van der Waals surface area contributed by atoms with E-state index in [1.807, 2.05) is 31.2 Å². The van der Waals surface area contributed by atoms with Crippen molar-refractivity contribution in [3.63, 3.8) is 0 Å². The van der Waals surface area contributed by atoms with Gasteiger partial charge in [0.1, 0.15) is 11.0 Å². The lowest BCUT2D eigenvalue weighted by atomic mass is 9.82. The van der Waals surface area contributed by atoms with Gasteiger partial charge < -0.3 is 15.0 Å². The summed E-state index contributed by atoms with van der Waals surface area (Å²) in [7, 11) is 0. The average molecular weight is 592 g/mol. The lowest BCUT2D eigenvalue weighted by Crippen LogP contribution is -2.32. The highest BCUT2D eigenvalue weighted by atomic mass is 35.5. The Morgan fingerprint density at radius 1 is 1.02 bits per heavy atom. The first-order valence-electron chi connectivity index (χ1n) is 12.4. The third-order valence-corrected chi connectivity index (χ3v) is 9.48. The lowest BCUT2D eigenvalue weighted by Gasteiger charge is -2.30. The molecule has 0 bridgehead atoms. The summed E-state index contributed by atoms with van der Waals surface area (Å²) < 4.78 is 5.98. The van der Waals surface area contributed by atoms with Gasteiger partial charge in [0.25, 0.3) is 5.91 Å². The van der Waals surface area contributed by atoms with Crippen molar-refractivity contribution in [2.75, 3.05) is 16.8 Å². The second kappa shape index (κ2) is 10.6. The van der Waals surface area contributed by atoms with Gasteiger partial charge in [-0.05, 0) is 55.0 Å². The normalized spacial score (nSPS) is 19.8. The number of nitrogens with zero attached hydrogens (tertiary/aromatic N) is 1. The van der Waals surface area contributed by atoms with E-state index in [-0.39, 0.29) is 29.2 Å². The Morgan fingerprint density at radius 3 is 2.58 bits per heavy atom. The minimum atomic E-state index is -0.780. The molecule has 0 radical (unpaired) electrons. The van der Waals surface area contributed by atoms with Crippen LogP contribution >= 0.6 is 34.7 Å². The molecule has 1 fully saturated rings. The van der Waals surface area contributed by atoms with Crippen LogP contribution in [0.15, 0.2) is 82.6 Å². The predicted octanol–water partition coefficient (Wildman–Crippen LogP) is 5.21. The van der Waals surface area contributed by atoms with Gasteiger partial charge in [0, 0.05) is 27.1 Å². The number of carbonyl (C=O) groups is 3. The van der Waals surface area contributed by atoms with Gasteiger partial charge in [0.15, 0.2) is 6.61 Å². The first-order chi connectivity index (χ1) is 19.3. The van der Waals surface area contributed by atoms with Gasteiger partial charge in [-0.15, -0.1) is 0 Å². The van der Waals surface area contributed by atoms with E-state index in [0.717, 1.165) is 16.9 Å². The molecule has 0 aliphatic carbocycles. The number of aromatic amines is 1. The zero-order chi connectivity index (χ0) is 28.0. The third-order valence-electron chi connectivity index (χ3n) is 6.82. The third kappa shape index (κ3) is 4.83. The number of hydrogen-bond acceptors (Lipinski definition) is 7. The molecule has 0 unspecified atom stereocenters. The van der Waals surface area contributed by atoms with Gasteiger partial charge in [-0.25, -0.2) is 4.90 Å². The lowest BCUT2D eigenvalue weighted by molar-refractivity contribution is -0.122. The first-order valence-corrected chi connectivity index (χ1v) is 14.5. The molecule has 1 aromatic heterocycles. The smallest absolute Gasteiger partial charge is 0.305 e. The zero-order valence-corrected chi connectivity index (χ0v) is 23.4. The molecule has 2 N–H and O–H groups in total. The van der Waals surface area contributed by atoms with Crippen molar-refractivity contribution in [1.29, 1.82) is 0 Å². The molecule has 6 rings (SSSR count). The summed E-state index contributed by atoms with van der Waals surface area (Å²) in [5, 5.41) is 3.13. The van der Waals surface area contributed by atoms with Gasteiger partial charge in [-0.2, -0.15) is 0 Å². The summed E-state index contributed by atoms with van der Waals surface area (Å²) in [5.74, 6) is -2.08. The van der Waals surface area contributed by atoms with Gasteiger partial charge in [0.05, 0.1) is 16.6 Å². The molecule has 0 saturated carbocycles. The molecule has 8 nitrogen and oxygen atoms in total. The Morgan fingerprint density at radius 2 is 1.80 bits per heavy atom. The molecular formula is C29H22ClN3O5S2. The molecule has 3 amide bonds. The number of imide groups is 1. The molecule has 3 atom stereocenters. The number of nitrogens with one attached hydrogen (secondary N) is 2. The fourth-order valence-electron chi connectivity index (χ4n) is 5.13. The van der Waals surface area contributed by atoms with Gasteiger partial charge in [-0.1, -0.05) is 65.0 Å². The highest BCUT2D eigenvalue weighted by molar-refractivity contribution is 8.00. The van der Waals surface area contributed by atoms with Crippen LogP contribution in [0.1, 0.15) is 21.9 Å². The number of amides is 3. The molecule has 4 aromatic rings. The number of benzene rings is 3. The summed E-state index contributed by atoms with van der Waals surface area (Å²) in [6.07, 6.45) is 0. The highest BCUT2D eigenvalue weighted by Crippen LogP contribution is 2.54. The van der Waals surface area contributed by atoms with E-state index in [2.05, 4.69) is 10.3 Å². The van der Waals surface area contributed by atoms with Crippen LogP contribution in [0, 0.1) is 12.8 Å². The molecule has 2 aliphatic heterocycles. The Balaban J connectivity index is 1.34. The average Bonchev–Trinajstić information content (AvgIpc) is 3.42. The molecule has 3 heterocycles. The maximum atomic E-state index is 13.9. The quantitative estimate of drug-likeness (QED) is 0.298. The Kier molecular flexibility index (Phi) is 6.99. The van der Waals surface area contributed by atoms with Gasteiger partial charge in [0.2, 0.25) is 11.8 Å². The summed E-state index contributed by atoms with van der Waals surface area (Å²) in [4.78, 5) is 57.0. The van der Waals surface area contributed by atoms with E-state index in [0.29, 0.717) is 37.6 Å². The first kappa shape index (κ1) is 26.4. The summed E-state index contributed by atoms with van der Waals surface area (Å²) in [5.41, 5.74) is 2.73. The maximum absolute atomic E-state index is 13.9. The van der Waals surface area contributed by atoms with Crippen molar-refractivity contribution < 1.29 is 19.1 Å². The molecule has 2 aliphatic rings. The van der Waals surface area contributed by atoms with E-state index < -0.39 is 17.1 Å². The molecule has 0 spiro atoms. The van der Waals surface area contributed by atoms with E-state index in [1.165, 1.54) is 16.7 Å². The van der Waals surface area contributed by atoms with Crippen LogP contribution in [0.2, 0.25) is 5.02 Å². The fraction of sp³-hybridized carbons (Fsp3) is 0.172. The number of thioether (sulfide) groups is 1. The standard InChI is InChI=1S/C29H22ClN3O5S2/c1-15-5-4-6-17(13-15)31-21(34)14-38-20-8-3-2-7-19(20)22-23-25(39-26-24(22)40-29(37)32-26)28(36)33(27(23)35)18-11-9-16(30)10-12-18/h2-13,22-23,25H,14H2,1H3,(H,31,34)(H,32,37)/t22-,23-,25+/m0/s1. The van der Waals surface area contributed by atoms with Gasteiger partial charge >= 0.3 is 4.87 Å². The highest BCUT2D eigenvalue weighted by Gasteiger charge is 2.56. The number of thiazole rings is 1. The number of aryl methyl sites for hydroxylation is 1. The number of anilines is 2. The SMILES string of the molecule is Cc1cccc(NC(=O)COc2ccccc2[C@@H]2c3sc(=O)[nH]c3S[C@H]3C(=O)N(c4ccc(Cl)cc4)C(=O)[C@@H]23)c1. The molecule has 202 valence electrons. The molecule has 1 saturated heterocycles. The summed E-state index contributed by atoms with van der Waals surface area (Å²) in [6, 6.07) is 21.1. The van der Waals surface area contributed by atoms with Crippen LogP contribution in [-0.2, 0) is 14.4 Å². The largest absolute Gasteiger partial charge is 0.483 e. The monoisotopic (exact) mass is 591 g/mol. The van der Waals surface area contributed by atoms with Crippen LogP contribution in [0.3, 0.4) is 0 Å². The molecule has 3 aromatic carbocycles. The van der Waals surface area contributed by atoms with Crippen molar-refractivity contribution in [2.45, 2.75) is 23.1 Å². The number of carbonyl (C=O) groups excluding carboxylic acids is 3. The Hall–Kier alpha value is -3.86. The number of H-pyrrole nitrogens is 1. The number of rotatable bonds is 6. The van der Waals surface area contributed by atoms with Crippen LogP contribution in [0.5, 0.6) is 5.75 Å². The van der Waals surface area contributed by atoms with Crippen molar-refractivity contribution in [2.24, 2.45) is 5.92 Å². The van der Waals surface area contributed by atoms with Crippen LogP contribution in [-0.4, -0.2) is 34.6 Å². The van der Waals surface area contributed by atoms with Crippen molar-refractivity contribution in [3.05, 3.63) is 103 Å². The second-order valence-electron chi connectivity index (χ2n) is 9.48. The predicted molar refractivity (Wildman–Crippen MR) is 156 cm³/mol. The second-order valence-corrected chi connectivity index (χ2v) is 12.1. The topological polar surface area (TPSA) is 109 Å². The maximum Gasteiger partial charge on any atom is 0.305 e. The van der Waals surface area contributed by atoms with Crippen LogP contribution in [0.25, 0.3) is 0 Å². The number of halogens is 1. The van der Waals surface area contributed by atoms with Crippen molar-refractivity contribution in [1.82, 2.24) is 4.98 Å². The number of ether oxygens (including phenoxy) is 1. The van der Waals surface area contributed by atoms with E-state index in [1.54, 1.807) is 48.5 Å². The van der Waals surface area contributed by atoms with E-state index in [4.69, 9.17) is 16.3 Å². The van der Waals surface area contributed by atoms with Crippen molar-refractivity contribution in [3.8, 4) is 5.75 Å². The molecular weight excluding hydrogens is 570 g/mol. The molecule has 40 heavy (non-hydrogen) atoms. The minimum Gasteiger partial charge on any atom is -0.483 e. The number of hydrogen-bond donors (Lipinski definition) is 2. The van der Waals surface area contributed by atoms with E-state index >= 15 is 0 Å². The number of fused-ring (bicyclic) bond motifs is 2. The zero-order valence-electron chi connectivity index (χ0n) is 21.1. The Labute approximate surface area is 242 Å². The summed E-state index contributed by atoms with van der Waals surface area (Å²) >= 11 is 8.24. The molecule has 11 heteroatoms. The van der Waals surface area contributed by atoms with Gasteiger partial charge in [-0.3, -0.25) is 19.2 Å². The minimum absolute atomic E-state index is 0.263. The Bertz CT molecular complexity index is 1700. The number of para-hydroxylation sites is 1. The van der Waals surface area contributed by atoms with E-state index in [9.17, 15) is 19.2 Å².